The Hall–Kier alpha value is -0.330. The van der Waals surface area contributed by atoms with Crippen LogP contribution in [0.1, 0.15) is 11.6 Å². The van der Waals surface area contributed by atoms with E-state index in [4.69, 9.17) is 28.9 Å². The van der Waals surface area contributed by atoms with E-state index in [9.17, 15) is 8.42 Å². The Morgan fingerprint density at radius 3 is 2.21 bits per heavy atom. The van der Waals surface area contributed by atoms with Crippen molar-refractivity contribution in [3.05, 3.63) is 33.8 Å². The maximum Gasteiger partial charge on any atom is 0.148 e. The van der Waals surface area contributed by atoms with Crippen LogP contribution in [0.3, 0.4) is 0 Å². The Kier molecular flexibility index (Phi) is 6.08. The Morgan fingerprint density at radius 1 is 1.26 bits per heavy atom. The first kappa shape index (κ1) is 16.7. The molecule has 0 aliphatic heterocycles. The van der Waals surface area contributed by atoms with E-state index in [2.05, 4.69) is 0 Å². The lowest BCUT2D eigenvalue weighted by molar-refractivity contribution is 0.264. The number of nitrogens with zero attached hydrogens (tertiary/aromatic N) is 1. The third-order valence-electron chi connectivity index (χ3n) is 2.84. The molecule has 0 saturated heterocycles. The molecule has 4 nitrogen and oxygen atoms in total. The largest absolute Gasteiger partial charge is 0.329 e. The zero-order valence-electron chi connectivity index (χ0n) is 10.9. The molecule has 2 N–H and O–H groups in total. The summed E-state index contributed by atoms with van der Waals surface area (Å²) in [6, 6.07) is 5.12. The molecule has 0 aromatic heterocycles. The fraction of sp³-hybridized carbons (Fsp3) is 0.500. The van der Waals surface area contributed by atoms with Crippen molar-refractivity contribution in [1.29, 1.82) is 0 Å². The molecule has 0 aliphatic rings. The van der Waals surface area contributed by atoms with Gasteiger partial charge in [0.25, 0.3) is 0 Å². The molecule has 0 radical (unpaired) electrons. The van der Waals surface area contributed by atoms with Crippen molar-refractivity contribution < 1.29 is 8.42 Å². The molecular weight excluding hydrogens is 307 g/mol. The summed E-state index contributed by atoms with van der Waals surface area (Å²) in [7, 11) is -1.16. The number of halogens is 2. The number of likely N-dealkylation sites (N-methyl/N-ethyl adjacent to an activating group) is 1. The molecule has 7 heteroatoms. The Morgan fingerprint density at radius 2 is 1.79 bits per heavy atom. The van der Waals surface area contributed by atoms with Gasteiger partial charge in [0.15, 0.2) is 0 Å². The molecular formula is C12H18Cl2N2O2S. The van der Waals surface area contributed by atoms with Crippen LogP contribution in [0.2, 0.25) is 10.0 Å². The van der Waals surface area contributed by atoms with Crippen LogP contribution in [0.15, 0.2) is 18.2 Å². The van der Waals surface area contributed by atoms with Gasteiger partial charge in [-0.15, -0.1) is 0 Å². The molecule has 0 amide bonds. The van der Waals surface area contributed by atoms with Crippen LogP contribution < -0.4 is 5.73 Å². The molecule has 0 spiro atoms. The van der Waals surface area contributed by atoms with Gasteiger partial charge in [-0.3, -0.25) is 4.90 Å². The van der Waals surface area contributed by atoms with Crippen LogP contribution in [0.25, 0.3) is 0 Å². The highest BCUT2D eigenvalue weighted by molar-refractivity contribution is 7.90. The van der Waals surface area contributed by atoms with Crippen molar-refractivity contribution >= 4 is 33.0 Å². The van der Waals surface area contributed by atoms with E-state index in [1.807, 2.05) is 11.9 Å². The number of sulfone groups is 1. The predicted octanol–water partition coefficient (Wildman–Crippen LogP) is 1.97. The second-order valence-corrected chi connectivity index (χ2v) is 7.70. The van der Waals surface area contributed by atoms with Crippen LogP contribution in [0.5, 0.6) is 0 Å². The highest BCUT2D eigenvalue weighted by Gasteiger charge is 2.17. The molecule has 0 bridgehead atoms. The number of benzene rings is 1. The Labute approximate surface area is 124 Å². The van der Waals surface area contributed by atoms with Crippen molar-refractivity contribution in [2.45, 2.75) is 6.04 Å². The van der Waals surface area contributed by atoms with Gasteiger partial charge in [0, 0.05) is 35.4 Å². The summed E-state index contributed by atoms with van der Waals surface area (Å²) >= 11 is 11.9. The average Bonchev–Trinajstić information content (AvgIpc) is 2.25. The first-order chi connectivity index (χ1) is 8.73. The number of hydrogen-bond acceptors (Lipinski definition) is 4. The van der Waals surface area contributed by atoms with Gasteiger partial charge in [-0.05, 0) is 30.8 Å². The van der Waals surface area contributed by atoms with Crippen molar-refractivity contribution in [1.82, 2.24) is 4.90 Å². The standard InChI is InChI=1S/C12H18Cl2N2O2S/c1-16(3-4-19(2,17)18)12(8-15)9-5-10(13)7-11(14)6-9/h5-7,12H,3-4,8,15H2,1-2H3. The van der Waals surface area contributed by atoms with Crippen LogP contribution in [-0.2, 0) is 9.84 Å². The number of rotatable bonds is 6. The topological polar surface area (TPSA) is 63.4 Å². The smallest absolute Gasteiger partial charge is 0.148 e. The summed E-state index contributed by atoms with van der Waals surface area (Å²) in [5.74, 6) is 0.0916. The fourth-order valence-electron chi connectivity index (χ4n) is 1.80. The Bertz CT molecular complexity index is 514. The van der Waals surface area contributed by atoms with Gasteiger partial charge in [0.1, 0.15) is 9.84 Å². The summed E-state index contributed by atoms with van der Waals surface area (Å²) in [5, 5.41) is 1.08. The molecule has 0 aliphatic carbocycles. The lowest BCUT2D eigenvalue weighted by atomic mass is 10.1. The monoisotopic (exact) mass is 324 g/mol. The van der Waals surface area contributed by atoms with Crippen LogP contribution in [-0.4, -0.2) is 45.5 Å². The van der Waals surface area contributed by atoms with Crippen molar-refractivity contribution in [2.75, 3.05) is 32.1 Å². The minimum Gasteiger partial charge on any atom is -0.329 e. The molecule has 19 heavy (non-hydrogen) atoms. The molecule has 1 atom stereocenters. The molecule has 1 unspecified atom stereocenters. The molecule has 0 saturated carbocycles. The molecule has 1 aromatic carbocycles. The second-order valence-electron chi connectivity index (χ2n) is 4.56. The summed E-state index contributed by atoms with van der Waals surface area (Å²) in [5.41, 5.74) is 6.65. The van der Waals surface area contributed by atoms with Gasteiger partial charge in [0.05, 0.1) is 5.75 Å². The van der Waals surface area contributed by atoms with Gasteiger partial charge in [-0.2, -0.15) is 0 Å². The quantitative estimate of drug-likeness (QED) is 0.868. The highest BCUT2D eigenvalue weighted by Crippen LogP contribution is 2.25. The second kappa shape index (κ2) is 6.90. The van der Waals surface area contributed by atoms with Crippen LogP contribution in [0, 0.1) is 0 Å². The number of hydrogen-bond donors (Lipinski definition) is 1. The normalized spacial score (nSPS) is 13.8. The van der Waals surface area contributed by atoms with E-state index >= 15 is 0 Å². The lowest BCUT2D eigenvalue weighted by Crippen LogP contribution is -2.34. The molecule has 0 heterocycles. The summed E-state index contributed by atoms with van der Waals surface area (Å²) < 4.78 is 22.4. The summed E-state index contributed by atoms with van der Waals surface area (Å²) in [4.78, 5) is 1.89. The minimum absolute atomic E-state index is 0.0916. The van der Waals surface area contributed by atoms with Gasteiger partial charge in [-0.1, -0.05) is 23.2 Å². The van der Waals surface area contributed by atoms with Crippen LogP contribution in [0.4, 0.5) is 0 Å². The van der Waals surface area contributed by atoms with E-state index in [0.717, 1.165) is 5.56 Å². The zero-order valence-corrected chi connectivity index (χ0v) is 13.3. The van der Waals surface area contributed by atoms with Gasteiger partial charge < -0.3 is 5.73 Å². The Balaban J connectivity index is 2.87. The van der Waals surface area contributed by atoms with E-state index in [0.29, 0.717) is 23.1 Å². The van der Waals surface area contributed by atoms with Gasteiger partial charge >= 0.3 is 0 Å². The summed E-state index contributed by atoms with van der Waals surface area (Å²) in [6.07, 6.45) is 1.22. The first-order valence-corrected chi connectivity index (χ1v) is 8.58. The SMILES string of the molecule is CN(CCS(C)(=O)=O)C(CN)c1cc(Cl)cc(Cl)c1. The first-order valence-electron chi connectivity index (χ1n) is 5.77. The van der Waals surface area contributed by atoms with E-state index in [1.165, 1.54) is 6.26 Å². The van der Waals surface area contributed by atoms with E-state index in [-0.39, 0.29) is 11.8 Å². The van der Waals surface area contributed by atoms with Crippen LogP contribution >= 0.6 is 23.2 Å². The molecule has 1 rings (SSSR count). The van der Waals surface area contributed by atoms with E-state index < -0.39 is 9.84 Å². The third kappa shape index (κ3) is 5.67. The highest BCUT2D eigenvalue weighted by atomic mass is 35.5. The maximum atomic E-state index is 11.2. The van der Waals surface area contributed by atoms with Gasteiger partial charge in [0.2, 0.25) is 0 Å². The van der Waals surface area contributed by atoms with Gasteiger partial charge in [-0.25, -0.2) is 8.42 Å². The molecule has 1 aromatic rings. The molecule has 0 fully saturated rings. The predicted molar refractivity (Wildman–Crippen MR) is 80.6 cm³/mol. The average molecular weight is 325 g/mol. The summed E-state index contributed by atoms with van der Waals surface area (Å²) in [6.45, 7) is 0.766. The molecule has 108 valence electrons. The van der Waals surface area contributed by atoms with Crippen molar-refractivity contribution in [3.63, 3.8) is 0 Å². The zero-order chi connectivity index (χ0) is 14.6. The van der Waals surface area contributed by atoms with Crippen molar-refractivity contribution in [2.24, 2.45) is 5.73 Å². The third-order valence-corrected chi connectivity index (χ3v) is 4.20. The van der Waals surface area contributed by atoms with Crippen molar-refractivity contribution in [3.8, 4) is 0 Å². The lowest BCUT2D eigenvalue weighted by Gasteiger charge is -2.27. The maximum absolute atomic E-state index is 11.2. The minimum atomic E-state index is -2.99. The number of nitrogens with two attached hydrogens (primary N) is 1. The fourth-order valence-corrected chi connectivity index (χ4v) is 2.97. The van der Waals surface area contributed by atoms with E-state index in [1.54, 1.807) is 18.2 Å².